The van der Waals surface area contributed by atoms with Gasteiger partial charge in [0.05, 0.1) is 16.3 Å². The molecule has 1 fully saturated rings. The number of nitrogens with one attached hydrogen (secondary N) is 1. The molecule has 1 N–H and O–H groups in total. The van der Waals surface area contributed by atoms with Crippen LogP contribution in [0.5, 0.6) is 0 Å². The van der Waals surface area contributed by atoms with Gasteiger partial charge in [0.1, 0.15) is 0 Å². The van der Waals surface area contributed by atoms with Gasteiger partial charge in [-0.15, -0.1) is 0 Å². The molecule has 1 aliphatic heterocycles. The summed E-state index contributed by atoms with van der Waals surface area (Å²) in [6.45, 7) is 1.64. The summed E-state index contributed by atoms with van der Waals surface area (Å²) in [5.74, 6) is 0.423. The Labute approximate surface area is 134 Å². The van der Waals surface area contributed by atoms with Gasteiger partial charge < -0.3 is 10.2 Å². The van der Waals surface area contributed by atoms with Gasteiger partial charge in [0.15, 0.2) is 0 Å². The highest BCUT2D eigenvalue weighted by Gasteiger charge is 2.18. The predicted octanol–water partition coefficient (Wildman–Crippen LogP) is 3.50. The number of piperidine rings is 1. The van der Waals surface area contributed by atoms with Crippen LogP contribution in [0.2, 0.25) is 5.02 Å². The highest BCUT2D eigenvalue weighted by Crippen LogP contribution is 2.23. The third kappa shape index (κ3) is 3.36. The zero-order chi connectivity index (χ0) is 15.4. The summed E-state index contributed by atoms with van der Waals surface area (Å²) in [5, 5.41) is 3.64. The SMILES string of the molecule is O=C(c1cnc(Nc2ccccc2Cl)nc1)N1CCCCC1. The van der Waals surface area contributed by atoms with Crippen molar-refractivity contribution >= 4 is 29.1 Å². The fourth-order valence-corrected chi connectivity index (χ4v) is 2.65. The van der Waals surface area contributed by atoms with Crippen LogP contribution >= 0.6 is 11.6 Å². The van der Waals surface area contributed by atoms with E-state index < -0.39 is 0 Å². The molecule has 6 heteroatoms. The second-order valence-electron chi connectivity index (χ2n) is 5.25. The van der Waals surface area contributed by atoms with Gasteiger partial charge >= 0.3 is 0 Å². The zero-order valence-electron chi connectivity index (χ0n) is 12.1. The number of halogens is 1. The lowest BCUT2D eigenvalue weighted by molar-refractivity contribution is 0.0723. The van der Waals surface area contributed by atoms with Crippen molar-refractivity contribution < 1.29 is 4.79 Å². The minimum Gasteiger partial charge on any atom is -0.339 e. The number of likely N-dealkylation sites (tertiary alicyclic amines) is 1. The summed E-state index contributed by atoms with van der Waals surface area (Å²) in [7, 11) is 0. The molecule has 2 heterocycles. The lowest BCUT2D eigenvalue weighted by Gasteiger charge is -2.26. The van der Waals surface area contributed by atoms with Gasteiger partial charge in [-0.3, -0.25) is 4.79 Å². The second kappa shape index (κ2) is 6.75. The van der Waals surface area contributed by atoms with Gasteiger partial charge in [-0.25, -0.2) is 9.97 Å². The Hall–Kier alpha value is -2.14. The van der Waals surface area contributed by atoms with Crippen molar-refractivity contribution in [1.29, 1.82) is 0 Å². The van der Waals surface area contributed by atoms with Gasteiger partial charge in [-0.2, -0.15) is 0 Å². The molecule has 0 unspecified atom stereocenters. The van der Waals surface area contributed by atoms with E-state index in [1.54, 1.807) is 18.5 Å². The summed E-state index contributed by atoms with van der Waals surface area (Å²) < 4.78 is 0. The Balaban J connectivity index is 1.70. The number of carbonyl (C=O) groups excluding carboxylic acids is 1. The van der Waals surface area contributed by atoms with Crippen LogP contribution in [0, 0.1) is 0 Å². The van der Waals surface area contributed by atoms with E-state index in [9.17, 15) is 4.79 Å². The molecule has 1 aromatic carbocycles. The van der Waals surface area contributed by atoms with Crippen LogP contribution in [0.25, 0.3) is 0 Å². The normalized spacial score (nSPS) is 14.7. The van der Waals surface area contributed by atoms with Crippen molar-refractivity contribution in [2.75, 3.05) is 18.4 Å². The predicted molar refractivity (Wildman–Crippen MR) is 86.5 cm³/mol. The van der Waals surface area contributed by atoms with Crippen molar-refractivity contribution in [3.05, 3.63) is 47.2 Å². The zero-order valence-corrected chi connectivity index (χ0v) is 12.9. The molecular weight excluding hydrogens is 300 g/mol. The molecule has 1 aliphatic rings. The number of carbonyl (C=O) groups is 1. The van der Waals surface area contributed by atoms with Crippen LogP contribution in [0.4, 0.5) is 11.6 Å². The fourth-order valence-electron chi connectivity index (χ4n) is 2.47. The van der Waals surface area contributed by atoms with E-state index in [1.807, 2.05) is 23.1 Å². The minimum absolute atomic E-state index is 0.00370. The van der Waals surface area contributed by atoms with Gasteiger partial charge in [-0.05, 0) is 31.4 Å². The molecular formula is C16H17ClN4O. The molecule has 0 saturated carbocycles. The lowest BCUT2D eigenvalue weighted by atomic mass is 10.1. The molecule has 0 aliphatic carbocycles. The quantitative estimate of drug-likeness (QED) is 0.941. The van der Waals surface area contributed by atoms with E-state index in [-0.39, 0.29) is 5.91 Å². The molecule has 0 atom stereocenters. The van der Waals surface area contributed by atoms with E-state index in [0.29, 0.717) is 16.5 Å². The number of para-hydroxylation sites is 1. The molecule has 1 amide bonds. The molecule has 0 spiro atoms. The topological polar surface area (TPSA) is 58.1 Å². The van der Waals surface area contributed by atoms with Gasteiger partial charge in [0.25, 0.3) is 5.91 Å². The first-order valence-electron chi connectivity index (χ1n) is 7.37. The third-order valence-electron chi connectivity index (χ3n) is 3.66. The van der Waals surface area contributed by atoms with Crippen LogP contribution in [0.3, 0.4) is 0 Å². The first-order valence-corrected chi connectivity index (χ1v) is 7.75. The molecule has 22 heavy (non-hydrogen) atoms. The maximum atomic E-state index is 12.3. The van der Waals surface area contributed by atoms with Crippen LogP contribution < -0.4 is 5.32 Å². The third-order valence-corrected chi connectivity index (χ3v) is 3.99. The average Bonchev–Trinajstić information content (AvgIpc) is 2.58. The largest absolute Gasteiger partial charge is 0.339 e. The number of benzene rings is 1. The first-order chi connectivity index (χ1) is 10.7. The standard InChI is InChI=1S/C16H17ClN4O/c17-13-6-2-3-7-14(13)20-16-18-10-12(11-19-16)15(22)21-8-4-1-5-9-21/h2-3,6-7,10-11H,1,4-5,8-9H2,(H,18,19,20). The molecule has 1 aromatic heterocycles. The minimum atomic E-state index is 0.00370. The van der Waals surface area contributed by atoms with Crippen molar-refractivity contribution in [3.63, 3.8) is 0 Å². The molecule has 5 nitrogen and oxygen atoms in total. The van der Waals surface area contributed by atoms with Crippen molar-refractivity contribution in [1.82, 2.24) is 14.9 Å². The Kier molecular flexibility index (Phi) is 4.53. The highest BCUT2D eigenvalue weighted by atomic mass is 35.5. The van der Waals surface area contributed by atoms with E-state index >= 15 is 0 Å². The first kappa shape index (κ1) is 14.8. The van der Waals surface area contributed by atoms with Crippen LogP contribution in [0.15, 0.2) is 36.7 Å². The lowest BCUT2D eigenvalue weighted by Crippen LogP contribution is -2.35. The van der Waals surface area contributed by atoms with Gasteiger partial charge in [0.2, 0.25) is 5.95 Å². The Bertz CT molecular complexity index is 653. The van der Waals surface area contributed by atoms with E-state index in [0.717, 1.165) is 31.6 Å². The van der Waals surface area contributed by atoms with E-state index in [1.165, 1.54) is 6.42 Å². The average molecular weight is 317 g/mol. The summed E-state index contributed by atoms with van der Waals surface area (Å²) in [5.41, 5.74) is 1.26. The van der Waals surface area contributed by atoms with Gasteiger partial charge in [0, 0.05) is 25.5 Å². The molecule has 0 radical (unpaired) electrons. The second-order valence-corrected chi connectivity index (χ2v) is 5.66. The number of anilines is 2. The molecule has 3 rings (SSSR count). The monoisotopic (exact) mass is 316 g/mol. The number of rotatable bonds is 3. The maximum Gasteiger partial charge on any atom is 0.256 e. The fraction of sp³-hybridized carbons (Fsp3) is 0.312. The number of hydrogen-bond donors (Lipinski definition) is 1. The van der Waals surface area contributed by atoms with Crippen molar-refractivity contribution in [2.24, 2.45) is 0 Å². The molecule has 0 bridgehead atoms. The molecule has 114 valence electrons. The van der Waals surface area contributed by atoms with E-state index in [2.05, 4.69) is 15.3 Å². The Morgan fingerprint density at radius 3 is 2.45 bits per heavy atom. The van der Waals surface area contributed by atoms with E-state index in [4.69, 9.17) is 11.6 Å². The summed E-state index contributed by atoms with van der Waals surface area (Å²) in [4.78, 5) is 22.6. The molecule has 1 saturated heterocycles. The number of amides is 1. The number of hydrogen-bond acceptors (Lipinski definition) is 4. The van der Waals surface area contributed by atoms with Crippen LogP contribution in [-0.4, -0.2) is 33.9 Å². The van der Waals surface area contributed by atoms with Crippen LogP contribution in [-0.2, 0) is 0 Å². The molecule has 2 aromatic rings. The smallest absolute Gasteiger partial charge is 0.256 e. The maximum absolute atomic E-state index is 12.3. The van der Waals surface area contributed by atoms with Crippen molar-refractivity contribution in [2.45, 2.75) is 19.3 Å². The summed E-state index contributed by atoms with van der Waals surface area (Å²) in [6, 6.07) is 7.37. The Morgan fingerprint density at radius 1 is 1.09 bits per heavy atom. The van der Waals surface area contributed by atoms with Gasteiger partial charge in [-0.1, -0.05) is 23.7 Å². The number of nitrogens with zero attached hydrogens (tertiary/aromatic N) is 3. The number of aromatic nitrogens is 2. The Morgan fingerprint density at radius 2 is 1.77 bits per heavy atom. The van der Waals surface area contributed by atoms with Crippen molar-refractivity contribution in [3.8, 4) is 0 Å². The summed E-state index contributed by atoms with van der Waals surface area (Å²) in [6.07, 6.45) is 6.45. The summed E-state index contributed by atoms with van der Waals surface area (Å²) >= 11 is 6.08. The van der Waals surface area contributed by atoms with Crippen LogP contribution in [0.1, 0.15) is 29.6 Å². The highest BCUT2D eigenvalue weighted by molar-refractivity contribution is 6.33.